The van der Waals surface area contributed by atoms with Gasteiger partial charge in [0.2, 0.25) is 0 Å². The monoisotopic (exact) mass is 211 g/mol. The first-order valence-electron chi connectivity index (χ1n) is 5.89. The zero-order valence-electron chi connectivity index (χ0n) is 9.70. The van der Waals surface area contributed by atoms with E-state index in [1.807, 2.05) is 19.0 Å². The van der Waals surface area contributed by atoms with Crippen molar-refractivity contribution >= 4 is 6.03 Å². The summed E-state index contributed by atoms with van der Waals surface area (Å²) in [7, 11) is 3.63. The summed E-state index contributed by atoms with van der Waals surface area (Å²) in [6, 6.07) is 1.58. The molecule has 0 aromatic carbocycles. The first-order chi connectivity index (χ1) is 7.16. The van der Waals surface area contributed by atoms with E-state index in [0.717, 1.165) is 32.0 Å². The molecule has 1 N–H and O–H groups in total. The van der Waals surface area contributed by atoms with Crippen LogP contribution < -0.4 is 5.32 Å². The van der Waals surface area contributed by atoms with Crippen molar-refractivity contribution in [1.29, 1.82) is 0 Å². The highest BCUT2D eigenvalue weighted by molar-refractivity contribution is 5.73. The number of hydrogen-bond acceptors (Lipinski definition) is 2. The molecule has 1 heterocycles. The number of piperidine rings is 1. The molecule has 1 aliphatic carbocycles. The molecule has 86 valence electrons. The van der Waals surface area contributed by atoms with Gasteiger partial charge < -0.3 is 15.1 Å². The van der Waals surface area contributed by atoms with Gasteiger partial charge in [-0.25, -0.2) is 4.79 Å². The van der Waals surface area contributed by atoms with E-state index in [1.165, 1.54) is 12.8 Å². The van der Waals surface area contributed by atoms with Crippen LogP contribution in [0.4, 0.5) is 4.79 Å². The number of nitrogens with one attached hydrogen (secondary N) is 1. The maximum atomic E-state index is 11.7. The molecule has 0 unspecified atom stereocenters. The Labute approximate surface area is 91.6 Å². The van der Waals surface area contributed by atoms with E-state index in [4.69, 9.17) is 0 Å². The highest BCUT2D eigenvalue weighted by Gasteiger charge is 2.28. The maximum absolute atomic E-state index is 11.7. The minimum absolute atomic E-state index is 0.153. The summed E-state index contributed by atoms with van der Waals surface area (Å²) in [6.45, 7) is 1.81. The lowest BCUT2D eigenvalue weighted by molar-refractivity contribution is 0.152. The van der Waals surface area contributed by atoms with E-state index in [1.54, 1.807) is 4.90 Å². The average Bonchev–Trinajstić information content (AvgIpc) is 3.02. The molecule has 1 saturated heterocycles. The fourth-order valence-electron chi connectivity index (χ4n) is 2.10. The molecule has 0 radical (unpaired) electrons. The Hall–Kier alpha value is -0.770. The van der Waals surface area contributed by atoms with Gasteiger partial charge in [0.25, 0.3) is 0 Å². The summed E-state index contributed by atoms with van der Waals surface area (Å²) in [5.41, 5.74) is 0. The van der Waals surface area contributed by atoms with Gasteiger partial charge in [-0.15, -0.1) is 0 Å². The van der Waals surface area contributed by atoms with Gasteiger partial charge in [-0.1, -0.05) is 0 Å². The van der Waals surface area contributed by atoms with Gasteiger partial charge in [0, 0.05) is 39.3 Å². The Balaban J connectivity index is 1.73. The quantitative estimate of drug-likeness (QED) is 0.736. The minimum Gasteiger partial charge on any atom is -0.331 e. The van der Waals surface area contributed by atoms with E-state index >= 15 is 0 Å². The molecule has 2 fully saturated rings. The Morgan fingerprint density at radius 1 is 1.13 bits per heavy atom. The molecule has 0 aromatic rings. The molecule has 0 bridgehead atoms. The van der Waals surface area contributed by atoms with Gasteiger partial charge in [-0.05, 0) is 25.7 Å². The Morgan fingerprint density at radius 3 is 2.13 bits per heavy atom. The number of amides is 2. The van der Waals surface area contributed by atoms with E-state index < -0.39 is 0 Å². The molecule has 0 atom stereocenters. The molecular weight excluding hydrogens is 190 g/mol. The summed E-state index contributed by atoms with van der Waals surface area (Å²) in [6.07, 6.45) is 4.90. The van der Waals surface area contributed by atoms with Crippen LogP contribution in [-0.2, 0) is 0 Å². The van der Waals surface area contributed by atoms with Crippen molar-refractivity contribution in [1.82, 2.24) is 15.1 Å². The summed E-state index contributed by atoms with van der Waals surface area (Å²) in [4.78, 5) is 15.3. The average molecular weight is 211 g/mol. The molecule has 2 rings (SSSR count). The van der Waals surface area contributed by atoms with Crippen LogP contribution in [0.5, 0.6) is 0 Å². The lowest BCUT2D eigenvalue weighted by atomic mass is 10.1. The lowest BCUT2D eigenvalue weighted by Gasteiger charge is -2.34. The maximum Gasteiger partial charge on any atom is 0.319 e. The summed E-state index contributed by atoms with van der Waals surface area (Å²) >= 11 is 0. The summed E-state index contributed by atoms with van der Waals surface area (Å²) in [5.74, 6) is 0. The van der Waals surface area contributed by atoms with Gasteiger partial charge in [-0.3, -0.25) is 0 Å². The van der Waals surface area contributed by atoms with Gasteiger partial charge >= 0.3 is 6.03 Å². The molecular formula is C11H21N3O. The number of urea groups is 1. The third kappa shape index (κ3) is 2.84. The zero-order chi connectivity index (χ0) is 10.8. The fraction of sp³-hybridized carbons (Fsp3) is 0.909. The topological polar surface area (TPSA) is 35.6 Å². The van der Waals surface area contributed by atoms with Crippen LogP contribution in [0, 0.1) is 0 Å². The number of rotatable bonds is 2. The highest BCUT2D eigenvalue weighted by atomic mass is 16.2. The predicted molar refractivity (Wildman–Crippen MR) is 59.8 cm³/mol. The number of hydrogen-bond donors (Lipinski definition) is 1. The molecule has 1 aliphatic heterocycles. The first kappa shape index (κ1) is 10.7. The summed E-state index contributed by atoms with van der Waals surface area (Å²) < 4.78 is 0. The van der Waals surface area contributed by atoms with E-state index in [9.17, 15) is 4.79 Å². The van der Waals surface area contributed by atoms with Crippen molar-refractivity contribution in [3.05, 3.63) is 0 Å². The van der Waals surface area contributed by atoms with Crippen molar-refractivity contribution < 1.29 is 4.79 Å². The number of likely N-dealkylation sites (tertiary alicyclic amines) is 1. The molecule has 4 heteroatoms. The van der Waals surface area contributed by atoms with Crippen molar-refractivity contribution in [3.8, 4) is 0 Å². The van der Waals surface area contributed by atoms with Gasteiger partial charge in [0.15, 0.2) is 0 Å². The SMILES string of the molecule is CN(C)C(=O)N1CCC(NC2CC2)CC1. The molecule has 0 spiro atoms. The second-order valence-corrected chi connectivity index (χ2v) is 4.88. The minimum atomic E-state index is 0.153. The highest BCUT2D eigenvalue weighted by Crippen LogP contribution is 2.22. The third-order valence-corrected chi connectivity index (χ3v) is 3.20. The molecule has 15 heavy (non-hydrogen) atoms. The Bertz CT molecular complexity index is 230. The van der Waals surface area contributed by atoms with Crippen molar-refractivity contribution in [2.45, 2.75) is 37.8 Å². The van der Waals surface area contributed by atoms with Crippen LogP contribution in [0.1, 0.15) is 25.7 Å². The smallest absolute Gasteiger partial charge is 0.319 e. The number of carbonyl (C=O) groups is 1. The van der Waals surface area contributed by atoms with Crippen LogP contribution in [0.2, 0.25) is 0 Å². The molecule has 0 aromatic heterocycles. The number of nitrogens with zero attached hydrogens (tertiary/aromatic N) is 2. The van der Waals surface area contributed by atoms with Gasteiger partial charge in [0.05, 0.1) is 0 Å². The largest absolute Gasteiger partial charge is 0.331 e. The van der Waals surface area contributed by atoms with Crippen molar-refractivity contribution in [3.63, 3.8) is 0 Å². The Kier molecular flexibility index (Phi) is 3.14. The van der Waals surface area contributed by atoms with Crippen molar-refractivity contribution in [2.75, 3.05) is 27.2 Å². The normalized spacial score (nSPS) is 22.9. The lowest BCUT2D eigenvalue weighted by Crippen LogP contribution is -2.48. The summed E-state index contributed by atoms with van der Waals surface area (Å²) in [5, 5.41) is 3.63. The molecule has 4 nitrogen and oxygen atoms in total. The predicted octanol–water partition coefficient (Wildman–Crippen LogP) is 0.884. The van der Waals surface area contributed by atoms with Crippen LogP contribution >= 0.6 is 0 Å². The van der Waals surface area contributed by atoms with E-state index in [2.05, 4.69) is 5.32 Å². The Morgan fingerprint density at radius 2 is 1.67 bits per heavy atom. The second kappa shape index (κ2) is 4.39. The van der Waals surface area contributed by atoms with Gasteiger partial charge in [0.1, 0.15) is 0 Å². The van der Waals surface area contributed by atoms with Crippen LogP contribution in [0.15, 0.2) is 0 Å². The van der Waals surface area contributed by atoms with Gasteiger partial charge in [-0.2, -0.15) is 0 Å². The molecule has 2 aliphatic rings. The van der Waals surface area contributed by atoms with E-state index in [-0.39, 0.29) is 6.03 Å². The van der Waals surface area contributed by atoms with Crippen LogP contribution in [0.25, 0.3) is 0 Å². The number of carbonyl (C=O) groups excluding carboxylic acids is 1. The zero-order valence-corrected chi connectivity index (χ0v) is 9.70. The van der Waals surface area contributed by atoms with Crippen LogP contribution in [0.3, 0.4) is 0 Å². The van der Waals surface area contributed by atoms with Crippen molar-refractivity contribution in [2.24, 2.45) is 0 Å². The third-order valence-electron chi connectivity index (χ3n) is 3.20. The standard InChI is InChI=1S/C11H21N3O/c1-13(2)11(15)14-7-5-10(6-8-14)12-9-3-4-9/h9-10,12H,3-8H2,1-2H3. The van der Waals surface area contributed by atoms with Crippen LogP contribution in [-0.4, -0.2) is 55.1 Å². The molecule has 1 saturated carbocycles. The molecule has 2 amide bonds. The van der Waals surface area contributed by atoms with E-state index in [0.29, 0.717) is 6.04 Å². The first-order valence-corrected chi connectivity index (χ1v) is 5.89. The second-order valence-electron chi connectivity index (χ2n) is 4.88. The fourth-order valence-corrected chi connectivity index (χ4v) is 2.10.